The van der Waals surface area contributed by atoms with E-state index in [0.29, 0.717) is 16.9 Å². The van der Waals surface area contributed by atoms with Gasteiger partial charge in [0, 0.05) is 19.5 Å². The van der Waals surface area contributed by atoms with E-state index >= 15 is 0 Å². The summed E-state index contributed by atoms with van der Waals surface area (Å²) in [6, 6.07) is 0. The Kier molecular flexibility index (Phi) is 4.22. The zero-order valence-corrected chi connectivity index (χ0v) is 14.9. The van der Waals surface area contributed by atoms with Crippen LogP contribution < -0.4 is 0 Å². The molecular formula is C13H16N5O5PS. The molecule has 3 aromatic heterocycles. The molecule has 1 fully saturated rings. The van der Waals surface area contributed by atoms with Crippen molar-refractivity contribution in [1.82, 2.24) is 23.9 Å². The van der Waals surface area contributed by atoms with Gasteiger partial charge in [0.25, 0.3) is 0 Å². The molecule has 1 aliphatic rings. The number of ether oxygens (including phenoxy) is 1. The molecular weight excluding hydrogens is 369 g/mol. The van der Waals surface area contributed by atoms with E-state index in [4.69, 9.17) is 25.6 Å². The summed E-state index contributed by atoms with van der Waals surface area (Å²) < 4.78 is 19.5. The second kappa shape index (κ2) is 6.27. The van der Waals surface area contributed by atoms with Gasteiger partial charge in [0.05, 0.1) is 19.0 Å². The number of fused-ring (bicyclic) bond motifs is 3. The summed E-state index contributed by atoms with van der Waals surface area (Å²) in [6.45, 7) is -3.04. The highest BCUT2D eigenvalue weighted by Gasteiger charge is 2.30. The molecule has 134 valence electrons. The Bertz CT molecular complexity index is 974. The Labute approximate surface area is 147 Å². The van der Waals surface area contributed by atoms with Gasteiger partial charge in [0.2, 0.25) is 11.7 Å². The fourth-order valence-electron chi connectivity index (χ4n) is 2.90. The van der Waals surface area contributed by atoms with E-state index < -0.39 is 6.72 Å². The fourth-order valence-corrected chi connectivity index (χ4v) is 3.54. The van der Waals surface area contributed by atoms with E-state index in [-0.39, 0.29) is 24.8 Å². The van der Waals surface area contributed by atoms with Crippen molar-refractivity contribution in [2.45, 2.75) is 25.2 Å². The Hall–Kier alpha value is -1.62. The van der Waals surface area contributed by atoms with Gasteiger partial charge in [0.1, 0.15) is 6.23 Å². The molecule has 0 radical (unpaired) electrons. The van der Waals surface area contributed by atoms with Crippen LogP contribution in [-0.4, -0.2) is 53.7 Å². The Morgan fingerprint density at radius 2 is 2.28 bits per heavy atom. The first-order chi connectivity index (χ1) is 12.0. The first-order valence-corrected chi connectivity index (χ1v) is 10.1. The maximum atomic E-state index is 10.0. The molecule has 1 unspecified atom stereocenters. The SMILES string of the molecule is COP(O)(=S)OC[C@@H]1CC[C@H](n2cnc3c(O)nc4nccn4c32)O1. The van der Waals surface area contributed by atoms with Crippen LogP contribution in [0, 0.1) is 0 Å². The Morgan fingerprint density at radius 3 is 3.08 bits per heavy atom. The number of aromatic nitrogens is 5. The number of nitrogens with zero attached hydrogens (tertiary/aromatic N) is 5. The predicted octanol–water partition coefficient (Wildman–Crippen LogP) is 1.34. The molecule has 0 aliphatic carbocycles. The Morgan fingerprint density at radius 1 is 1.44 bits per heavy atom. The topological polar surface area (TPSA) is 116 Å². The van der Waals surface area contributed by atoms with Gasteiger partial charge in [-0.3, -0.25) is 8.97 Å². The monoisotopic (exact) mass is 385 g/mol. The largest absolute Gasteiger partial charge is 0.492 e. The molecule has 3 atom stereocenters. The molecule has 3 aromatic rings. The molecule has 4 rings (SSSR count). The maximum absolute atomic E-state index is 10.0. The minimum absolute atomic E-state index is 0.151. The summed E-state index contributed by atoms with van der Waals surface area (Å²) in [5, 5.41) is 10.0. The molecule has 0 amide bonds. The van der Waals surface area contributed by atoms with Crippen molar-refractivity contribution in [2.75, 3.05) is 13.7 Å². The van der Waals surface area contributed by atoms with Crippen molar-refractivity contribution in [3.63, 3.8) is 0 Å². The van der Waals surface area contributed by atoms with Crippen LogP contribution in [-0.2, 0) is 25.6 Å². The van der Waals surface area contributed by atoms with Gasteiger partial charge in [-0.25, -0.2) is 9.97 Å². The second-order valence-electron chi connectivity index (χ2n) is 5.59. The molecule has 10 nitrogen and oxygen atoms in total. The lowest BCUT2D eigenvalue weighted by Gasteiger charge is -2.18. The molecule has 12 heteroatoms. The third-order valence-electron chi connectivity index (χ3n) is 4.08. The molecule has 1 saturated heterocycles. The molecule has 0 saturated carbocycles. The quantitative estimate of drug-likeness (QED) is 0.628. The standard InChI is InChI=1S/C13H16N5O5PS/c1-21-24(20,25)22-6-8-2-3-9(23-8)18-7-15-10-11(19)16-13-14-4-5-17(13)12(10)18/h4-5,7-9H,2-3,6H2,1H3,(H,20,25)(H,14,16,19)/t8-,9+,24?/m0/s1. The van der Waals surface area contributed by atoms with Crippen molar-refractivity contribution in [3.8, 4) is 5.88 Å². The predicted molar refractivity (Wildman–Crippen MR) is 90.6 cm³/mol. The number of imidazole rings is 2. The first-order valence-electron chi connectivity index (χ1n) is 7.55. The van der Waals surface area contributed by atoms with Crippen LogP contribution in [0.1, 0.15) is 19.1 Å². The number of aromatic hydroxyl groups is 1. The van der Waals surface area contributed by atoms with Crippen molar-refractivity contribution in [2.24, 2.45) is 0 Å². The van der Waals surface area contributed by atoms with Gasteiger partial charge in [-0.1, -0.05) is 0 Å². The number of hydrogen-bond donors (Lipinski definition) is 2. The molecule has 1 aliphatic heterocycles. The van der Waals surface area contributed by atoms with Crippen LogP contribution in [0.2, 0.25) is 0 Å². The second-order valence-corrected chi connectivity index (χ2v) is 8.54. The van der Waals surface area contributed by atoms with E-state index in [2.05, 4.69) is 15.0 Å². The van der Waals surface area contributed by atoms with E-state index in [9.17, 15) is 10.00 Å². The summed E-state index contributed by atoms with van der Waals surface area (Å²) in [6.07, 6.45) is 5.89. The zero-order chi connectivity index (χ0) is 17.6. The number of hydrogen-bond acceptors (Lipinski definition) is 8. The lowest BCUT2D eigenvalue weighted by atomic mass is 10.2. The van der Waals surface area contributed by atoms with Crippen LogP contribution in [0.3, 0.4) is 0 Å². The maximum Gasteiger partial charge on any atom is 0.324 e. The molecule has 0 spiro atoms. The van der Waals surface area contributed by atoms with Crippen molar-refractivity contribution in [1.29, 1.82) is 0 Å². The van der Waals surface area contributed by atoms with Crippen LogP contribution in [0.5, 0.6) is 5.88 Å². The molecule has 25 heavy (non-hydrogen) atoms. The summed E-state index contributed by atoms with van der Waals surface area (Å²) in [5.74, 6) is 0.206. The summed E-state index contributed by atoms with van der Waals surface area (Å²) in [5.41, 5.74) is 1.02. The first kappa shape index (κ1) is 16.8. The zero-order valence-electron chi connectivity index (χ0n) is 13.2. The summed E-state index contributed by atoms with van der Waals surface area (Å²) >= 11 is 4.82. The minimum Gasteiger partial charge on any atom is -0.492 e. The van der Waals surface area contributed by atoms with Crippen LogP contribution in [0.15, 0.2) is 18.7 Å². The minimum atomic E-state index is -3.20. The van der Waals surface area contributed by atoms with Crippen molar-refractivity contribution >= 4 is 35.5 Å². The summed E-state index contributed by atoms with van der Waals surface area (Å²) in [4.78, 5) is 22.0. The van der Waals surface area contributed by atoms with E-state index in [1.807, 2.05) is 4.57 Å². The smallest absolute Gasteiger partial charge is 0.324 e. The molecule has 2 N–H and O–H groups in total. The van der Waals surface area contributed by atoms with E-state index in [0.717, 1.165) is 12.8 Å². The Balaban J connectivity index is 1.60. The number of rotatable bonds is 5. The summed E-state index contributed by atoms with van der Waals surface area (Å²) in [7, 11) is 1.31. The molecule has 0 bridgehead atoms. The van der Waals surface area contributed by atoms with Crippen LogP contribution in [0.25, 0.3) is 16.9 Å². The molecule has 0 aromatic carbocycles. The fraction of sp³-hybridized carbons (Fsp3) is 0.462. The van der Waals surface area contributed by atoms with E-state index in [1.54, 1.807) is 23.1 Å². The van der Waals surface area contributed by atoms with Crippen molar-refractivity contribution < 1.29 is 23.8 Å². The third kappa shape index (κ3) is 3.03. The van der Waals surface area contributed by atoms with Gasteiger partial charge in [0.15, 0.2) is 11.2 Å². The van der Waals surface area contributed by atoms with Crippen LogP contribution in [0.4, 0.5) is 0 Å². The third-order valence-corrected chi connectivity index (χ3v) is 5.78. The van der Waals surface area contributed by atoms with Gasteiger partial charge in [-0.2, -0.15) is 4.98 Å². The molecule has 4 heterocycles. The average Bonchev–Trinajstić information content (AvgIpc) is 3.30. The van der Waals surface area contributed by atoms with Gasteiger partial charge in [-0.15, -0.1) is 0 Å². The lowest BCUT2D eigenvalue weighted by Crippen LogP contribution is -2.16. The average molecular weight is 385 g/mol. The van der Waals surface area contributed by atoms with Crippen molar-refractivity contribution in [3.05, 3.63) is 18.7 Å². The van der Waals surface area contributed by atoms with Gasteiger partial charge < -0.3 is 23.8 Å². The van der Waals surface area contributed by atoms with Crippen LogP contribution >= 0.6 is 6.72 Å². The van der Waals surface area contributed by atoms with Gasteiger partial charge in [-0.05, 0) is 24.6 Å². The highest BCUT2D eigenvalue weighted by molar-refractivity contribution is 8.07. The highest BCUT2D eigenvalue weighted by atomic mass is 32.5. The lowest BCUT2D eigenvalue weighted by molar-refractivity contribution is -0.0184. The normalized spacial score (nSPS) is 23.4. The highest BCUT2D eigenvalue weighted by Crippen LogP contribution is 2.43. The van der Waals surface area contributed by atoms with Gasteiger partial charge >= 0.3 is 6.72 Å². The van der Waals surface area contributed by atoms with E-state index in [1.165, 1.54) is 7.11 Å².